The van der Waals surface area contributed by atoms with Crippen molar-refractivity contribution >= 4 is 35.2 Å². The fraction of sp³-hybridized carbons (Fsp3) is 0.167. The number of carbonyl (C=O) groups is 2. The van der Waals surface area contributed by atoms with Gasteiger partial charge in [-0.15, -0.1) is 0 Å². The lowest BCUT2D eigenvalue weighted by Gasteiger charge is -2.33. The van der Waals surface area contributed by atoms with Gasteiger partial charge in [-0.1, -0.05) is 30.3 Å². The number of rotatable bonds is 3. The van der Waals surface area contributed by atoms with Gasteiger partial charge in [0.2, 0.25) is 0 Å². The van der Waals surface area contributed by atoms with Crippen molar-refractivity contribution in [3.05, 3.63) is 65.1 Å². The van der Waals surface area contributed by atoms with Gasteiger partial charge in [0.05, 0.1) is 6.04 Å². The van der Waals surface area contributed by atoms with Gasteiger partial charge in [0.1, 0.15) is 17.1 Å². The summed E-state index contributed by atoms with van der Waals surface area (Å²) in [6.07, 6.45) is 1.44. The molecule has 1 N–H and O–H groups in total. The van der Waals surface area contributed by atoms with Crippen LogP contribution in [0.25, 0.3) is 6.08 Å². The Morgan fingerprint density at radius 2 is 1.88 bits per heavy atom. The molecule has 0 spiro atoms. The molecule has 0 radical (unpaired) electrons. The van der Waals surface area contributed by atoms with Gasteiger partial charge < -0.3 is 4.42 Å². The van der Waals surface area contributed by atoms with Crippen LogP contribution in [0.3, 0.4) is 0 Å². The fourth-order valence-corrected chi connectivity index (χ4v) is 2.91. The van der Waals surface area contributed by atoms with Gasteiger partial charge in [-0.25, -0.2) is 0 Å². The second kappa shape index (κ2) is 6.41. The van der Waals surface area contributed by atoms with E-state index in [1.54, 1.807) is 19.1 Å². The average molecular weight is 340 g/mol. The van der Waals surface area contributed by atoms with E-state index in [-0.39, 0.29) is 16.7 Å². The van der Waals surface area contributed by atoms with E-state index in [4.69, 9.17) is 16.6 Å². The normalized spacial score (nSPS) is 18.0. The molecule has 2 amide bonds. The topological polar surface area (TPSA) is 62.6 Å². The van der Waals surface area contributed by atoms with Gasteiger partial charge in [0, 0.05) is 0 Å². The van der Waals surface area contributed by atoms with Crippen LogP contribution in [-0.2, 0) is 9.59 Å². The summed E-state index contributed by atoms with van der Waals surface area (Å²) in [5.74, 6) is 0.200. The molecule has 2 heterocycles. The maximum Gasteiger partial charge on any atom is 0.266 e. The first-order chi connectivity index (χ1) is 11.5. The first kappa shape index (κ1) is 16.1. The Morgan fingerprint density at radius 3 is 2.50 bits per heavy atom. The van der Waals surface area contributed by atoms with Crippen LogP contribution in [0, 0.1) is 6.92 Å². The van der Waals surface area contributed by atoms with Gasteiger partial charge in [0.15, 0.2) is 5.11 Å². The lowest BCUT2D eigenvalue weighted by Crippen LogP contribution is -2.54. The van der Waals surface area contributed by atoms with Gasteiger partial charge in [-0.05, 0) is 49.8 Å². The molecule has 122 valence electrons. The van der Waals surface area contributed by atoms with E-state index in [0.29, 0.717) is 11.5 Å². The Labute approximate surface area is 144 Å². The highest BCUT2D eigenvalue weighted by Crippen LogP contribution is 2.25. The number of aryl methyl sites for hydroxylation is 1. The van der Waals surface area contributed by atoms with Gasteiger partial charge >= 0.3 is 0 Å². The second-order valence-electron chi connectivity index (χ2n) is 5.53. The predicted molar refractivity (Wildman–Crippen MR) is 93.9 cm³/mol. The van der Waals surface area contributed by atoms with Gasteiger partial charge in [0.25, 0.3) is 11.8 Å². The fourth-order valence-electron chi connectivity index (χ4n) is 2.58. The molecule has 1 aromatic carbocycles. The molecule has 1 unspecified atom stereocenters. The molecule has 6 heteroatoms. The molecule has 1 aliphatic rings. The standard InChI is InChI=1S/C18H16N2O3S/c1-11-8-9-14(23-11)10-15-16(21)19-18(24)20(17(15)22)12(2)13-6-4-3-5-7-13/h3-10,12H,1-2H3,(H,19,21,24). The molecule has 2 aromatic rings. The molecule has 0 saturated carbocycles. The number of benzene rings is 1. The largest absolute Gasteiger partial charge is 0.462 e. The Bertz CT molecular complexity index is 839. The van der Waals surface area contributed by atoms with Crippen molar-refractivity contribution in [2.45, 2.75) is 19.9 Å². The summed E-state index contributed by atoms with van der Waals surface area (Å²) in [7, 11) is 0. The maximum atomic E-state index is 12.8. The van der Waals surface area contributed by atoms with E-state index in [9.17, 15) is 9.59 Å². The molecule has 0 aliphatic carbocycles. The first-order valence-electron chi connectivity index (χ1n) is 7.49. The monoisotopic (exact) mass is 340 g/mol. The third kappa shape index (κ3) is 3.00. The number of carbonyl (C=O) groups excluding carboxylic acids is 2. The zero-order valence-corrected chi connectivity index (χ0v) is 14.1. The Kier molecular flexibility index (Phi) is 4.31. The van der Waals surface area contributed by atoms with E-state index in [1.165, 1.54) is 11.0 Å². The minimum Gasteiger partial charge on any atom is -0.462 e. The average Bonchev–Trinajstić information content (AvgIpc) is 2.97. The smallest absolute Gasteiger partial charge is 0.266 e. The van der Waals surface area contributed by atoms with Crippen molar-refractivity contribution < 1.29 is 14.0 Å². The van der Waals surface area contributed by atoms with E-state index in [2.05, 4.69) is 5.32 Å². The number of hydrogen-bond donors (Lipinski definition) is 1. The van der Waals surface area contributed by atoms with Crippen LogP contribution in [0.4, 0.5) is 0 Å². The van der Waals surface area contributed by atoms with Crippen molar-refractivity contribution in [3.8, 4) is 0 Å². The third-order valence-electron chi connectivity index (χ3n) is 3.85. The minimum absolute atomic E-state index is 0.000677. The summed E-state index contributed by atoms with van der Waals surface area (Å²) in [5.41, 5.74) is 0.929. The predicted octanol–water partition coefficient (Wildman–Crippen LogP) is 2.98. The maximum absolute atomic E-state index is 12.8. The lowest BCUT2D eigenvalue weighted by molar-refractivity contribution is -0.130. The molecular formula is C18H16N2O3S. The molecular weight excluding hydrogens is 324 g/mol. The number of furan rings is 1. The van der Waals surface area contributed by atoms with Crippen molar-refractivity contribution in [3.63, 3.8) is 0 Å². The molecule has 1 atom stereocenters. The molecule has 3 rings (SSSR count). The van der Waals surface area contributed by atoms with Crippen molar-refractivity contribution in [2.75, 3.05) is 0 Å². The highest BCUT2D eigenvalue weighted by molar-refractivity contribution is 7.80. The number of nitrogens with one attached hydrogen (secondary N) is 1. The zero-order valence-electron chi connectivity index (χ0n) is 13.3. The van der Waals surface area contributed by atoms with E-state index in [1.807, 2.05) is 37.3 Å². The first-order valence-corrected chi connectivity index (χ1v) is 7.90. The number of nitrogens with zero attached hydrogens (tertiary/aromatic N) is 1. The minimum atomic E-state index is -0.518. The van der Waals surface area contributed by atoms with Crippen LogP contribution in [-0.4, -0.2) is 21.8 Å². The zero-order chi connectivity index (χ0) is 17.3. The summed E-state index contributed by atoms with van der Waals surface area (Å²) in [6.45, 7) is 3.66. The SMILES string of the molecule is Cc1ccc(C=C2C(=O)NC(=S)N(C(C)c3ccccc3)C2=O)o1. The van der Waals surface area contributed by atoms with Crippen LogP contribution in [0.2, 0.25) is 0 Å². The van der Waals surface area contributed by atoms with Crippen molar-refractivity contribution in [1.82, 2.24) is 10.2 Å². The molecule has 1 aromatic heterocycles. The number of thiocarbonyl (C=S) groups is 1. The molecule has 24 heavy (non-hydrogen) atoms. The molecule has 1 saturated heterocycles. The molecule has 1 fully saturated rings. The lowest BCUT2D eigenvalue weighted by atomic mass is 10.0. The van der Waals surface area contributed by atoms with Crippen molar-refractivity contribution in [2.24, 2.45) is 0 Å². The van der Waals surface area contributed by atoms with Gasteiger partial charge in [-0.3, -0.25) is 19.8 Å². The summed E-state index contributed by atoms with van der Waals surface area (Å²) in [4.78, 5) is 26.4. The number of hydrogen-bond acceptors (Lipinski definition) is 4. The van der Waals surface area contributed by atoms with E-state index in [0.717, 1.165) is 5.56 Å². The highest BCUT2D eigenvalue weighted by Gasteiger charge is 2.36. The quantitative estimate of drug-likeness (QED) is 0.530. The Balaban J connectivity index is 1.96. The van der Waals surface area contributed by atoms with Crippen LogP contribution in [0.1, 0.15) is 30.0 Å². The Hall–Kier alpha value is -2.73. The van der Waals surface area contributed by atoms with Crippen molar-refractivity contribution in [1.29, 1.82) is 0 Å². The van der Waals surface area contributed by atoms with Crippen LogP contribution >= 0.6 is 12.2 Å². The summed E-state index contributed by atoms with van der Waals surface area (Å²) >= 11 is 5.20. The molecule has 0 bridgehead atoms. The van der Waals surface area contributed by atoms with Crippen LogP contribution in [0.15, 0.2) is 52.5 Å². The summed E-state index contributed by atoms with van der Waals surface area (Å²) in [5, 5.41) is 2.68. The second-order valence-corrected chi connectivity index (χ2v) is 5.91. The number of amides is 2. The Morgan fingerprint density at radius 1 is 1.17 bits per heavy atom. The van der Waals surface area contributed by atoms with Crippen LogP contribution < -0.4 is 5.32 Å². The summed E-state index contributed by atoms with van der Waals surface area (Å²) in [6, 6.07) is 12.7. The molecule has 5 nitrogen and oxygen atoms in total. The van der Waals surface area contributed by atoms with Crippen LogP contribution in [0.5, 0.6) is 0 Å². The van der Waals surface area contributed by atoms with E-state index >= 15 is 0 Å². The summed E-state index contributed by atoms with van der Waals surface area (Å²) < 4.78 is 5.43. The van der Waals surface area contributed by atoms with E-state index < -0.39 is 11.8 Å². The molecule has 1 aliphatic heterocycles. The van der Waals surface area contributed by atoms with Gasteiger partial charge in [-0.2, -0.15) is 0 Å². The highest BCUT2D eigenvalue weighted by atomic mass is 32.1. The third-order valence-corrected chi connectivity index (χ3v) is 4.15.